The zero-order valence-electron chi connectivity index (χ0n) is 19.7. The Kier molecular flexibility index (Phi) is 5.03. The summed E-state index contributed by atoms with van der Waals surface area (Å²) in [6.45, 7) is 1.98. The molecule has 1 N–H and O–H groups in total. The van der Waals surface area contributed by atoms with Gasteiger partial charge in [0, 0.05) is 17.7 Å². The number of aromatic nitrogens is 1. The molecule has 5 nitrogen and oxygen atoms in total. The molecule has 0 aliphatic heterocycles. The maximum Gasteiger partial charge on any atom is 0.233 e. The van der Waals surface area contributed by atoms with Crippen LogP contribution in [0, 0.1) is 28.1 Å². The molecule has 0 saturated heterocycles. The monoisotopic (exact) mass is 486 g/mol. The molecule has 1 unspecified atom stereocenters. The van der Waals surface area contributed by atoms with Crippen molar-refractivity contribution in [3.63, 3.8) is 0 Å². The Morgan fingerprint density at radius 3 is 2.28 bits per heavy atom. The number of hydrogen-bond acceptors (Lipinski definition) is 5. The normalized spacial score (nSPS) is 23.1. The average Bonchev–Trinajstić information content (AvgIpc) is 3.35. The predicted molar refractivity (Wildman–Crippen MR) is 139 cm³/mol. The van der Waals surface area contributed by atoms with E-state index in [4.69, 9.17) is 5.26 Å². The molecule has 1 amide bonds. The molecule has 6 heteroatoms. The molecule has 0 spiro atoms. The first kappa shape index (κ1) is 22.2. The molecular weight excluding hydrogens is 464 g/mol. The van der Waals surface area contributed by atoms with Gasteiger partial charge in [-0.05, 0) is 53.3 Å². The Bertz CT molecular complexity index is 1540. The largest absolute Gasteiger partial charge is 0.301 e. The highest BCUT2D eigenvalue weighted by Crippen LogP contribution is 2.63. The van der Waals surface area contributed by atoms with E-state index < -0.39 is 10.8 Å². The van der Waals surface area contributed by atoms with Crippen molar-refractivity contribution in [1.29, 1.82) is 10.5 Å². The van der Waals surface area contributed by atoms with Crippen molar-refractivity contribution < 1.29 is 4.79 Å². The molecule has 2 bridgehead atoms. The van der Waals surface area contributed by atoms with Gasteiger partial charge in [0.15, 0.2) is 5.13 Å². The van der Waals surface area contributed by atoms with Gasteiger partial charge in [0.05, 0.1) is 28.8 Å². The average molecular weight is 487 g/mol. The van der Waals surface area contributed by atoms with Gasteiger partial charge in [-0.25, -0.2) is 4.98 Å². The molecule has 0 fully saturated rings. The molecule has 4 aromatic rings. The van der Waals surface area contributed by atoms with Crippen molar-refractivity contribution in [2.24, 2.45) is 5.41 Å². The van der Waals surface area contributed by atoms with Crippen LogP contribution >= 0.6 is 11.3 Å². The van der Waals surface area contributed by atoms with Crippen LogP contribution in [0.15, 0.2) is 78.2 Å². The molecule has 3 aliphatic carbocycles. The Hall–Kier alpha value is -4.26. The van der Waals surface area contributed by atoms with Gasteiger partial charge in [-0.2, -0.15) is 10.5 Å². The number of fused-ring (bicyclic) bond motifs is 1. The first-order valence-corrected chi connectivity index (χ1v) is 12.7. The third-order valence-corrected chi connectivity index (χ3v) is 8.49. The maximum atomic E-state index is 13.9. The van der Waals surface area contributed by atoms with Crippen LogP contribution in [0.5, 0.6) is 0 Å². The molecule has 7 rings (SSSR count). The van der Waals surface area contributed by atoms with Crippen LogP contribution in [0.1, 0.15) is 58.3 Å². The number of nitrogens with zero attached hydrogens (tertiary/aromatic N) is 3. The molecule has 174 valence electrons. The molecular formula is C30H22N4OS. The summed E-state index contributed by atoms with van der Waals surface area (Å²) in [6.07, 6.45) is 1.04. The molecule has 3 aromatic carbocycles. The highest BCUT2D eigenvalue weighted by molar-refractivity contribution is 7.13. The number of anilines is 1. The van der Waals surface area contributed by atoms with Gasteiger partial charge in [-0.3, -0.25) is 4.79 Å². The molecule has 1 atom stereocenters. The van der Waals surface area contributed by atoms with Gasteiger partial charge in [-0.1, -0.05) is 60.7 Å². The third kappa shape index (κ3) is 3.19. The van der Waals surface area contributed by atoms with E-state index in [0.717, 1.165) is 33.5 Å². The highest BCUT2D eigenvalue weighted by atomic mass is 32.1. The Morgan fingerprint density at radius 2 is 1.67 bits per heavy atom. The molecule has 0 saturated carbocycles. The number of carbonyl (C=O) groups excluding carboxylic acids is 1. The fraction of sp³-hybridized carbons (Fsp3) is 0.200. The van der Waals surface area contributed by atoms with E-state index in [1.165, 1.54) is 11.3 Å². The first-order valence-electron chi connectivity index (χ1n) is 11.8. The number of nitriles is 2. The van der Waals surface area contributed by atoms with Gasteiger partial charge < -0.3 is 5.32 Å². The van der Waals surface area contributed by atoms with Gasteiger partial charge in [0.1, 0.15) is 5.41 Å². The zero-order chi connectivity index (χ0) is 24.9. The van der Waals surface area contributed by atoms with Crippen molar-refractivity contribution in [1.82, 2.24) is 4.98 Å². The number of nitrogens with one attached hydrogen (secondary N) is 1. The SMILES string of the molecule is CC1(C(=O)Nc2nc(Cc3ccc(C#N)cc3)cs2)CC2(C#N)c3ccccc3C1c1ccccc12. The fourth-order valence-electron chi connectivity index (χ4n) is 6.08. The molecule has 36 heavy (non-hydrogen) atoms. The quantitative estimate of drug-likeness (QED) is 0.388. The lowest BCUT2D eigenvalue weighted by Crippen LogP contribution is -2.53. The molecule has 1 heterocycles. The van der Waals surface area contributed by atoms with Gasteiger partial charge in [0.25, 0.3) is 0 Å². The van der Waals surface area contributed by atoms with Crippen LogP contribution in [0.4, 0.5) is 5.13 Å². The standard InChI is InChI=1S/C30H22N4OS/c1-29(27(35)34-28-33-21(16-36-28)14-19-10-12-20(15-31)13-11-19)17-30(18-32)24-8-4-2-6-22(24)26(29)23-7-3-5-9-25(23)30/h2-13,16,26H,14,17H2,1H3,(H,33,34,35). The topological polar surface area (TPSA) is 89.6 Å². The zero-order valence-corrected chi connectivity index (χ0v) is 20.5. The predicted octanol–water partition coefficient (Wildman–Crippen LogP) is 5.91. The Balaban J connectivity index is 1.32. The Morgan fingerprint density at radius 1 is 1.03 bits per heavy atom. The second-order valence-corrected chi connectivity index (χ2v) is 10.7. The minimum atomic E-state index is -0.863. The summed E-state index contributed by atoms with van der Waals surface area (Å²) in [5.74, 6) is -0.256. The molecule has 0 radical (unpaired) electrons. The lowest BCUT2D eigenvalue weighted by atomic mass is 9.47. The number of carbonyl (C=O) groups is 1. The van der Waals surface area contributed by atoms with Crippen LogP contribution in [-0.4, -0.2) is 10.9 Å². The van der Waals surface area contributed by atoms with E-state index >= 15 is 0 Å². The van der Waals surface area contributed by atoms with Crippen molar-refractivity contribution in [3.05, 3.63) is 117 Å². The fourth-order valence-corrected chi connectivity index (χ4v) is 6.79. The summed E-state index contributed by atoms with van der Waals surface area (Å²) in [7, 11) is 0. The molecule has 3 aliphatic rings. The maximum absolute atomic E-state index is 13.9. The van der Waals surface area contributed by atoms with E-state index in [-0.39, 0.29) is 11.8 Å². The van der Waals surface area contributed by atoms with Gasteiger partial charge in [-0.15, -0.1) is 11.3 Å². The third-order valence-electron chi connectivity index (χ3n) is 7.68. The molecule has 1 aromatic heterocycles. The summed E-state index contributed by atoms with van der Waals surface area (Å²) in [6, 6.07) is 28.3. The van der Waals surface area contributed by atoms with Crippen molar-refractivity contribution >= 4 is 22.4 Å². The lowest BCUT2D eigenvalue weighted by Gasteiger charge is -2.54. The first-order chi connectivity index (χ1) is 17.5. The van der Waals surface area contributed by atoms with E-state index in [9.17, 15) is 10.1 Å². The Labute approximate surface area is 213 Å². The van der Waals surface area contributed by atoms with E-state index in [2.05, 4.69) is 34.6 Å². The summed E-state index contributed by atoms with van der Waals surface area (Å²) >= 11 is 1.40. The second kappa shape index (κ2) is 8.16. The van der Waals surface area contributed by atoms with E-state index in [1.807, 2.05) is 60.8 Å². The summed E-state index contributed by atoms with van der Waals surface area (Å²) in [5.41, 5.74) is 5.01. The highest BCUT2D eigenvalue weighted by Gasteiger charge is 2.61. The van der Waals surface area contributed by atoms with Crippen LogP contribution < -0.4 is 5.32 Å². The van der Waals surface area contributed by atoms with Gasteiger partial charge >= 0.3 is 0 Å². The number of amides is 1. The van der Waals surface area contributed by atoms with Crippen LogP contribution in [0.3, 0.4) is 0 Å². The van der Waals surface area contributed by atoms with Crippen LogP contribution in [0.25, 0.3) is 0 Å². The second-order valence-electron chi connectivity index (χ2n) is 9.80. The van der Waals surface area contributed by atoms with Crippen LogP contribution in [0.2, 0.25) is 0 Å². The summed E-state index contributed by atoms with van der Waals surface area (Å²) in [4.78, 5) is 18.6. The van der Waals surface area contributed by atoms with Crippen molar-refractivity contribution in [3.8, 4) is 12.1 Å². The number of rotatable bonds is 4. The summed E-state index contributed by atoms with van der Waals surface area (Å²) in [5, 5.41) is 25.1. The van der Waals surface area contributed by atoms with Gasteiger partial charge in [0.2, 0.25) is 5.91 Å². The van der Waals surface area contributed by atoms with E-state index in [0.29, 0.717) is 23.5 Å². The minimum Gasteiger partial charge on any atom is -0.301 e. The van der Waals surface area contributed by atoms with Crippen molar-refractivity contribution in [2.75, 3.05) is 5.32 Å². The number of thiazole rings is 1. The van der Waals surface area contributed by atoms with E-state index in [1.54, 1.807) is 12.1 Å². The smallest absolute Gasteiger partial charge is 0.233 e. The van der Waals surface area contributed by atoms with Crippen molar-refractivity contribution in [2.45, 2.75) is 31.1 Å². The minimum absolute atomic E-state index is 0.115. The summed E-state index contributed by atoms with van der Waals surface area (Å²) < 4.78 is 0. The number of benzene rings is 3. The van der Waals surface area contributed by atoms with Crippen LogP contribution in [-0.2, 0) is 16.6 Å². The number of hydrogen-bond donors (Lipinski definition) is 1. The lowest BCUT2D eigenvalue weighted by molar-refractivity contribution is -0.127.